The second-order valence-electron chi connectivity index (χ2n) is 8.73. The average molecular weight is 392 g/mol. The second-order valence-corrected chi connectivity index (χ2v) is 8.73. The lowest BCUT2D eigenvalue weighted by Gasteiger charge is -2.39. The van der Waals surface area contributed by atoms with Crippen LogP contribution >= 0.6 is 0 Å². The molecule has 0 aliphatic carbocycles. The molecule has 29 heavy (non-hydrogen) atoms. The summed E-state index contributed by atoms with van der Waals surface area (Å²) in [7, 11) is 0. The maximum atomic E-state index is 13.4. The van der Waals surface area contributed by atoms with Crippen molar-refractivity contribution in [2.75, 3.05) is 19.6 Å². The largest absolute Gasteiger partial charge is 0.338 e. The summed E-state index contributed by atoms with van der Waals surface area (Å²) < 4.78 is 0. The zero-order valence-corrected chi connectivity index (χ0v) is 17.3. The summed E-state index contributed by atoms with van der Waals surface area (Å²) in [5.41, 5.74) is 2.65. The van der Waals surface area contributed by atoms with Gasteiger partial charge in [-0.05, 0) is 48.4 Å². The van der Waals surface area contributed by atoms with E-state index in [1.165, 1.54) is 11.1 Å². The van der Waals surface area contributed by atoms with E-state index in [2.05, 4.69) is 43.1 Å². The lowest BCUT2D eigenvalue weighted by atomic mass is 9.78. The fraction of sp³-hybridized carbons (Fsp3) is 0.458. The number of aromatic nitrogens is 1. The van der Waals surface area contributed by atoms with E-state index in [0.717, 1.165) is 25.8 Å². The molecule has 4 rings (SSSR count). The minimum atomic E-state index is -0.423. The van der Waals surface area contributed by atoms with Crippen molar-refractivity contribution < 1.29 is 9.59 Å². The molecule has 2 amide bonds. The van der Waals surface area contributed by atoms with Crippen LogP contribution in [0.15, 0.2) is 48.8 Å². The first kappa shape index (κ1) is 19.6. The first-order valence-electron chi connectivity index (χ1n) is 10.6. The van der Waals surface area contributed by atoms with Gasteiger partial charge in [0.2, 0.25) is 5.91 Å². The van der Waals surface area contributed by atoms with Gasteiger partial charge in [0.15, 0.2) is 0 Å². The van der Waals surface area contributed by atoms with E-state index in [0.29, 0.717) is 31.1 Å². The van der Waals surface area contributed by atoms with Gasteiger partial charge < -0.3 is 9.80 Å². The third-order valence-corrected chi connectivity index (χ3v) is 6.39. The molecule has 0 N–H and O–H groups in total. The summed E-state index contributed by atoms with van der Waals surface area (Å²) in [4.78, 5) is 34.1. The number of carbonyl (C=O) groups is 2. The molecule has 2 aromatic rings. The summed E-state index contributed by atoms with van der Waals surface area (Å²) in [6, 6.07) is 12.2. The van der Waals surface area contributed by atoms with Crippen molar-refractivity contribution >= 4 is 11.8 Å². The number of nitrogens with zero attached hydrogens (tertiary/aromatic N) is 3. The minimum Gasteiger partial charge on any atom is -0.338 e. The Labute approximate surface area is 172 Å². The van der Waals surface area contributed by atoms with Crippen LogP contribution < -0.4 is 0 Å². The Morgan fingerprint density at radius 1 is 1.14 bits per heavy atom. The molecule has 3 heterocycles. The van der Waals surface area contributed by atoms with Crippen LogP contribution in [-0.2, 0) is 11.3 Å². The van der Waals surface area contributed by atoms with E-state index in [4.69, 9.17) is 0 Å². The Morgan fingerprint density at radius 3 is 2.62 bits per heavy atom. The lowest BCUT2D eigenvalue weighted by molar-refractivity contribution is -0.146. The van der Waals surface area contributed by atoms with Gasteiger partial charge in [-0.3, -0.25) is 14.6 Å². The van der Waals surface area contributed by atoms with Crippen molar-refractivity contribution in [1.29, 1.82) is 0 Å². The Hall–Kier alpha value is -2.69. The highest BCUT2D eigenvalue weighted by Crippen LogP contribution is 2.41. The van der Waals surface area contributed by atoms with Gasteiger partial charge in [0.1, 0.15) is 0 Å². The van der Waals surface area contributed by atoms with Crippen molar-refractivity contribution in [2.45, 2.75) is 45.6 Å². The molecule has 2 aliphatic heterocycles. The molecule has 0 bridgehead atoms. The van der Waals surface area contributed by atoms with Gasteiger partial charge in [0.25, 0.3) is 5.91 Å². The van der Waals surface area contributed by atoms with Gasteiger partial charge in [0, 0.05) is 38.6 Å². The van der Waals surface area contributed by atoms with Gasteiger partial charge >= 0.3 is 0 Å². The third kappa shape index (κ3) is 3.91. The quantitative estimate of drug-likeness (QED) is 0.795. The minimum absolute atomic E-state index is 0.0239. The van der Waals surface area contributed by atoms with Crippen LogP contribution in [0, 0.1) is 5.41 Å². The molecule has 5 nitrogen and oxygen atoms in total. The summed E-state index contributed by atoms with van der Waals surface area (Å²) in [5.74, 6) is 0.688. The molecule has 1 aromatic heterocycles. The second kappa shape index (κ2) is 7.97. The van der Waals surface area contributed by atoms with Gasteiger partial charge in [0.05, 0.1) is 11.0 Å². The standard InChI is InChI=1S/C24H29N3O2/c1-18(2)20-8-6-19(7-9-20)16-26-13-4-10-24(23(26)29)11-14-27(17-24)22(28)21-5-3-12-25-15-21/h3,5-9,12,15,18H,4,10-11,13-14,16-17H2,1-2H3/t24-/m0/s1. The van der Waals surface area contributed by atoms with Gasteiger partial charge in [-0.25, -0.2) is 0 Å². The van der Waals surface area contributed by atoms with E-state index in [1.807, 2.05) is 9.80 Å². The summed E-state index contributed by atoms with van der Waals surface area (Å²) in [5, 5.41) is 0. The van der Waals surface area contributed by atoms with Crippen LogP contribution in [0.2, 0.25) is 0 Å². The van der Waals surface area contributed by atoms with E-state index in [-0.39, 0.29) is 11.8 Å². The van der Waals surface area contributed by atoms with E-state index >= 15 is 0 Å². The van der Waals surface area contributed by atoms with Gasteiger partial charge in [-0.1, -0.05) is 38.1 Å². The highest BCUT2D eigenvalue weighted by molar-refractivity contribution is 5.95. The summed E-state index contributed by atoms with van der Waals surface area (Å²) in [6.07, 6.45) is 5.87. The lowest BCUT2D eigenvalue weighted by Crippen LogP contribution is -2.50. The first-order valence-corrected chi connectivity index (χ1v) is 10.6. The molecule has 1 spiro atoms. The van der Waals surface area contributed by atoms with Gasteiger partial charge in [-0.15, -0.1) is 0 Å². The predicted molar refractivity (Wildman–Crippen MR) is 112 cm³/mol. The molecule has 0 radical (unpaired) electrons. The molecule has 0 saturated carbocycles. The summed E-state index contributed by atoms with van der Waals surface area (Å²) in [6.45, 7) is 6.97. The van der Waals surface area contributed by atoms with Crippen molar-refractivity contribution in [1.82, 2.24) is 14.8 Å². The Balaban J connectivity index is 1.45. The fourth-order valence-corrected chi connectivity index (χ4v) is 4.63. The number of benzene rings is 1. The predicted octanol–water partition coefficient (Wildman–Crippen LogP) is 3.86. The maximum Gasteiger partial charge on any atom is 0.255 e. The number of amides is 2. The molecule has 152 valence electrons. The van der Waals surface area contributed by atoms with Crippen LogP contribution in [0.1, 0.15) is 60.5 Å². The van der Waals surface area contributed by atoms with Crippen molar-refractivity contribution in [3.05, 3.63) is 65.5 Å². The van der Waals surface area contributed by atoms with Crippen LogP contribution in [0.3, 0.4) is 0 Å². The van der Waals surface area contributed by atoms with Crippen LogP contribution in [-0.4, -0.2) is 46.2 Å². The molecular weight excluding hydrogens is 362 g/mol. The molecule has 1 atom stereocenters. The molecule has 5 heteroatoms. The Kier molecular flexibility index (Phi) is 5.39. The average Bonchev–Trinajstić information content (AvgIpc) is 3.17. The molecular formula is C24H29N3O2. The highest BCUT2D eigenvalue weighted by Gasteiger charge is 2.49. The van der Waals surface area contributed by atoms with Crippen LogP contribution in [0.25, 0.3) is 0 Å². The van der Waals surface area contributed by atoms with Crippen LogP contribution in [0.5, 0.6) is 0 Å². The number of pyridine rings is 1. The van der Waals surface area contributed by atoms with Crippen molar-refractivity contribution in [2.24, 2.45) is 5.41 Å². The van der Waals surface area contributed by atoms with E-state index in [1.54, 1.807) is 24.5 Å². The monoisotopic (exact) mass is 391 g/mol. The Morgan fingerprint density at radius 2 is 1.93 bits per heavy atom. The molecule has 2 saturated heterocycles. The van der Waals surface area contributed by atoms with Crippen LogP contribution in [0.4, 0.5) is 0 Å². The zero-order valence-electron chi connectivity index (χ0n) is 17.3. The highest BCUT2D eigenvalue weighted by atomic mass is 16.2. The summed E-state index contributed by atoms with van der Waals surface area (Å²) >= 11 is 0. The Bertz CT molecular complexity index is 879. The molecule has 2 aliphatic rings. The number of hydrogen-bond donors (Lipinski definition) is 0. The smallest absolute Gasteiger partial charge is 0.255 e. The van der Waals surface area contributed by atoms with E-state index in [9.17, 15) is 9.59 Å². The fourth-order valence-electron chi connectivity index (χ4n) is 4.63. The molecule has 0 unspecified atom stereocenters. The first-order chi connectivity index (χ1) is 14.0. The number of likely N-dealkylation sites (tertiary alicyclic amines) is 2. The normalized spacial score (nSPS) is 22.0. The maximum absolute atomic E-state index is 13.4. The molecule has 1 aromatic carbocycles. The van der Waals surface area contributed by atoms with Crippen molar-refractivity contribution in [3.8, 4) is 0 Å². The number of rotatable bonds is 4. The number of piperidine rings is 1. The van der Waals surface area contributed by atoms with Gasteiger partial charge in [-0.2, -0.15) is 0 Å². The van der Waals surface area contributed by atoms with E-state index < -0.39 is 5.41 Å². The van der Waals surface area contributed by atoms with Crippen molar-refractivity contribution in [3.63, 3.8) is 0 Å². The zero-order chi connectivity index (χ0) is 20.4. The molecule has 2 fully saturated rings. The SMILES string of the molecule is CC(C)c1ccc(CN2CCC[C@@]3(CCN(C(=O)c4cccnc4)C3)C2=O)cc1. The third-order valence-electron chi connectivity index (χ3n) is 6.39. The topological polar surface area (TPSA) is 53.5 Å². The number of carbonyl (C=O) groups excluding carboxylic acids is 2. The number of hydrogen-bond acceptors (Lipinski definition) is 3.